The number of methoxy groups -OCH3 is 1. The van der Waals surface area contributed by atoms with E-state index in [9.17, 15) is 13.2 Å². The minimum atomic E-state index is -3.08. The quantitative estimate of drug-likeness (QED) is 0.787. The molecule has 0 bridgehead atoms. The number of amides is 1. The number of ether oxygens (including phenoxy) is 1. The molecule has 0 aromatic heterocycles. The number of sulfone groups is 1. The van der Waals surface area contributed by atoms with E-state index in [0.717, 1.165) is 0 Å². The van der Waals surface area contributed by atoms with Crippen LogP contribution in [0.4, 0.5) is 5.69 Å². The van der Waals surface area contributed by atoms with Gasteiger partial charge in [0.15, 0.2) is 15.0 Å². The molecule has 6 nitrogen and oxygen atoms in total. The van der Waals surface area contributed by atoms with Crippen molar-refractivity contribution >= 4 is 50.0 Å². The summed E-state index contributed by atoms with van der Waals surface area (Å²) in [6.07, 6.45) is 0. The number of fused-ring (bicyclic) bond motifs is 1. The average molecular weight is 375 g/mol. The SMILES string of the molecule is COc1ccc(N2C(=NC(C)=O)S[C@H]3CS(=O)(=O)C[C@H]32)cc1Cl. The zero-order valence-corrected chi connectivity index (χ0v) is 14.9. The molecule has 2 aliphatic heterocycles. The second-order valence-electron chi connectivity index (χ2n) is 5.40. The third-order valence-electron chi connectivity index (χ3n) is 3.73. The Morgan fingerprint density at radius 1 is 1.43 bits per heavy atom. The van der Waals surface area contributed by atoms with E-state index in [-0.39, 0.29) is 28.7 Å². The van der Waals surface area contributed by atoms with Crippen molar-refractivity contribution in [1.29, 1.82) is 0 Å². The Labute approximate surface area is 143 Å². The average Bonchev–Trinajstić information content (AvgIpc) is 2.88. The van der Waals surface area contributed by atoms with Crippen LogP contribution in [0, 0.1) is 0 Å². The van der Waals surface area contributed by atoms with Gasteiger partial charge in [0.2, 0.25) is 5.91 Å². The predicted molar refractivity (Wildman–Crippen MR) is 92.4 cm³/mol. The molecule has 23 heavy (non-hydrogen) atoms. The van der Waals surface area contributed by atoms with Crippen LogP contribution in [0.15, 0.2) is 23.2 Å². The molecule has 0 radical (unpaired) electrons. The third kappa shape index (κ3) is 3.20. The van der Waals surface area contributed by atoms with E-state index < -0.39 is 9.84 Å². The molecule has 9 heteroatoms. The first-order valence-electron chi connectivity index (χ1n) is 6.90. The molecule has 0 aliphatic carbocycles. The summed E-state index contributed by atoms with van der Waals surface area (Å²) >= 11 is 7.51. The summed E-state index contributed by atoms with van der Waals surface area (Å²) in [6, 6.07) is 4.95. The van der Waals surface area contributed by atoms with Gasteiger partial charge in [-0.1, -0.05) is 23.4 Å². The molecule has 0 unspecified atom stereocenters. The van der Waals surface area contributed by atoms with Crippen LogP contribution in [0.25, 0.3) is 0 Å². The zero-order chi connectivity index (χ0) is 16.8. The molecule has 2 heterocycles. The van der Waals surface area contributed by atoms with Gasteiger partial charge in [-0.2, -0.15) is 4.99 Å². The van der Waals surface area contributed by atoms with Crippen LogP contribution in [0.2, 0.25) is 5.02 Å². The van der Waals surface area contributed by atoms with E-state index in [4.69, 9.17) is 16.3 Å². The number of halogens is 1. The predicted octanol–water partition coefficient (Wildman–Crippen LogP) is 1.97. The van der Waals surface area contributed by atoms with Crippen LogP contribution in [-0.4, -0.2) is 49.4 Å². The third-order valence-corrected chi connectivity index (χ3v) is 7.24. The van der Waals surface area contributed by atoms with Crippen molar-refractivity contribution in [2.24, 2.45) is 4.99 Å². The standard InChI is InChI=1S/C14H15ClN2O4S2/c1-8(18)16-14-17(9-3-4-12(21-2)10(15)5-9)11-6-23(19,20)7-13(11)22-14/h3-5,11,13H,6-7H2,1-2H3/t11-,13+/m1/s1. The Morgan fingerprint density at radius 3 is 2.78 bits per heavy atom. The second-order valence-corrected chi connectivity index (χ2v) is 9.17. The minimum Gasteiger partial charge on any atom is -0.495 e. The maximum atomic E-state index is 11.9. The van der Waals surface area contributed by atoms with Gasteiger partial charge in [-0.05, 0) is 18.2 Å². The van der Waals surface area contributed by atoms with Crippen molar-refractivity contribution in [3.63, 3.8) is 0 Å². The van der Waals surface area contributed by atoms with Crippen LogP contribution in [0.1, 0.15) is 6.92 Å². The molecule has 1 aromatic rings. The van der Waals surface area contributed by atoms with Crippen LogP contribution in [0.3, 0.4) is 0 Å². The van der Waals surface area contributed by atoms with Gasteiger partial charge in [0, 0.05) is 17.9 Å². The number of rotatable bonds is 2. The summed E-state index contributed by atoms with van der Waals surface area (Å²) in [5.74, 6) is 0.355. The lowest BCUT2D eigenvalue weighted by molar-refractivity contribution is -0.115. The lowest BCUT2D eigenvalue weighted by Crippen LogP contribution is -2.37. The Bertz CT molecular complexity index is 794. The minimum absolute atomic E-state index is 0.0469. The van der Waals surface area contributed by atoms with Crippen LogP contribution in [-0.2, 0) is 14.6 Å². The Hall–Kier alpha value is -1.25. The Morgan fingerprint density at radius 2 is 2.17 bits per heavy atom. The molecule has 1 amide bonds. The number of aliphatic imine (C=N–C) groups is 1. The molecule has 2 fully saturated rings. The van der Waals surface area contributed by atoms with Gasteiger partial charge in [0.1, 0.15) is 5.75 Å². The normalized spacial score (nSPS) is 27.3. The van der Waals surface area contributed by atoms with Gasteiger partial charge in [-0.25, -0.2) is 8.42 Å². The lowest BCUT2D eigenvalue weighted by atomic mass is 10.2. The molecular weight excluding hydrogens is 360 g/mol. The highest BCUT2D eigenvalue weighted by Crippen LogP contribution is 2.42. The maximum absolute atomic E-state index is 11.9. The molecule has 0 N–H and O–H groups in total. The van der Waals surface area contributed by atoms with Gasteiger partial charge >= 0.3 is 0 Å². The molecule has 0 spiro atoms. The number of hydrogen-bond acceptors (Lipinski definition) is 5. The molecular formula is C14H15ClN2O4S2. The zero-order valence-electron chi connectivity index (χ0n) is 12.5. The van der Waals surface area contributed by atoms with E-state index in [2.05, 4.69) is 4.99 Å². The highest BCUT2D eigenvalue weighted by molar-refractivity contribution is 8.16. The molecule has 0 saturated carbocycles. The smallest absolute Gasteiger partial charge is 0.244 e. The first-order valence-corrected chi connectivity index (χ1v) is 9.98. The number of hydrogen-bond donors (Lipinski definition) is 0. The summed E-state index contributed by atoms with van der Waals surface area (Å²) in [7, 11) is -1.56. The maximum Gasteiger partial charge on any atom is 0.244 e. The Kier molecular flexibility index (Phi) is 4.33. The van der Waals surface area contributed by atoms with E-state index in [1.54, 1.807) is 23.1 Å². The fourth-order valence-electron chi connectivity index (χ4n) is 2.81. The molecule has 2 aliphatic rings. The van der Waals surface area contributed by atoms with Crippen molar-refractivity contribution in [3.8, 4) is 5.75 Å². The number of nitrogens with zero attached hydrogens (tertiary/aromatic N) is 2. The second kappa shape index (κ2) is 5.99. The fourth-order valence-corrected chi connectivity index (χ4v) is 7.02. The van der Waals surface area contributed by atoms with E-state index in [0.29, 0.717) is 21.6 Å². The summed E-state index contributed by atoms with van der Waals surface area (Å²) in [4.78, 5) is 17.2. The van der Waals surface area contributed by atoms with Crippen LogP contribution < -0.4 is 9.64 Å². The highest BCUT2D eigenvalue weighted by atomic mass is 35.5. The number of benzene rings is 1. The molecule has 3 rings (SSSR count). The van der Waals surface area contributed by atoms with E-state index in [1.165, 1.54) is 25.8 Å². The summed E-state index contributed by atoms with van der Waals surface area (Å²) in [5, 5.41) is 0.809. The van der Waals surface area contributed by atoms with Gasteiger partial charge < -0.3 is 9.64 Å². The van der Waals surface area contributed by atoms with Crippen LogP contribution >= 0.6 is 23.4 Å². The Balaban J connectivity index is 2.04. The first kappa shape index (κ1) is 16.6. The first-order chi connectivity index (χ1) is 10.8. The summed E-state index contributed by atoms with van der Waals surface area (Å²) in [6.45, 7) is 1.37. The monoisotopic (exact) mass is 374 g/mol. The van der Waals surface area contributed by atoms with Crippen molar-refractivity contribution in [2.45, 2.75) is 18.2 Å². The number of amidine groups is 1. The highest BCUT2D eigenvalue weighted by Gasteiger charge is 2.49. The van der Waals surface area contributed by atoms with Gasteiger partial charge in [-0.15, -0.1) is 0 Å². The number of anilines is 1. The summed E-state index contributed by atoms with van der Waals surface area (Å²) < 4.78 is 29.0. The molecule has 2 saturated heterocycles. The van der Waals surface area contributed by atoms with Crippen molar-refractivity contribution < 1.29 is 17.9 Å². The largest absolute Gasteiger partial charge is 0.495 e. The molecule has 124 valence electrons. The van der Waals surface area contributed by atoms with Gasteiger partial charge in [0.25, 0.3) is 0 Å². The van der Waals surface area contributed by atoms with Crippen molar-refractivity contribution in [2.75, 3.05) is 23.5 Å². The van der Waals surface area contributed by atoms with Crippen LogP contribution in [0.5, 0.6) is 5.75 Å². The van der Waals surface area contributed by atoms with Crippen molar-refractivity contribution in [3.05, 3.63) is 23.2 Å². The number of carbonyl (C=O) groups is 1. The van der Waals surface area contributed by atoms with Gasteiger partial charge in [0.05, 0.1) is 29.7 Å². The fraction of sp³-hybridized carbons (Fsp3) is 0.429. The number of thioether (sulfide) groups is 1. The molecule has 1 aromatic carbocycles. The van der Waals surface area contributed by atoms with Crippen molar-refractivity contribution in [1.82, 2.24) is 0 Å². The van der Waals surface area contributed by atoms with E-state index >= 15 is 0 Å². The lowest BCUT2D eigenvalue weighted by Gasteiger charge is -2.24. The summed E-state index contributed by atoms with van der Waals surface area (Å²) in [5.41, 5.74) is 0.702. The van der Waals surface area contributed by atoms with E-state index in [1.807, 2.05) is 0 Å². The molecule has 2 atom stereocenters. The number of carbonyl (C=O) groups excluding carboxylic acids is 1. The van der Waals surface area contributed by atoms with Gasteiger partial charge in [-0.3, -0.25) is 4.79 Å². The topological polar surface area (TPSA) is 76.0 Å².